The number of carbonyl (C=O) groups is 1. The molecule has 0 aliphatic carbocycles. The molecule has 1 saturated heterocycles. The number of hydrogen-bond donors (Lipinski definition) is 1. The molecule has 1 unspecified atom stereocenters. The Morgan fingerprint density at radius 2 is 1.80 bits per heavy atom. The Hall–Kier alpha value is -2.84. The first kappa shape index (κ1) is 25.3. The lowest BCUT2D eigenvalue weighted by molar-refractivity contribution is -0.119. The first-order chi connectivity index (χ1) is 16.8. The van der Waals surface area contributed by atoms with Crippen LogP contribution in [0.1, 0.15) is 25.3 Å². The Labute approximate surface area is 216 Å². The van der Waals surface area contributed by atoms with Gasteiger partial charge in [-0.15, -0.1) is 0 Å². The number of nitrogens with one attached hydrogen (secondary N) is 1. The summed E-state index contributed by atoms with van der Waals surface area (Å²) in [7, 11) is -3.93. The molecule has 0 bridgehead atoms. The molecule has 0 aromatic heterocycles. The molecule has 0 radical (unpaired) electrons. The second kappa shape index (κ2) is 11.3. The zero-order valence-electron chi connectivity index (χ0n) is 19.7. The topological polar surface area (TPSA) is 69.7 Å². The standard InChI is InChI=1S/C27H30BrN3O3S/c1-21-7-6-16-30(19-21)24-14-12-22(13-15-24)18-29-27(32)20-31(25-9-5-8-23(28)17-25)35(33,34)26-10-3-2-4-11-26/h2-5,8-15,17,21H,6-7,16,18-20H2,1H3,(H,29,32). The third-order valence-electron chi connectivity index (χ3n) is 6.16. The van der Waals surface area contributed by atoms with Crippen molar-refractivity contribution in [1.29, 1.82) is 0 Å². The van der Waals surface area contributed by atoms with E-state index in [-0.39, 0.29) is 17.3 Å². The van der Waals surface area contributed by atoms with Crippen LogP contribution in [0.2, 0.25) is 0 Å². The number of amides is 1. The lowest BCUT2D eigenvalue weighted by Gasteiger charge is -2.32. The largest absolute Gasteiger partial charge is 0.371 e. The molecule has 1 atom stereocenters. The Balaban J connectivity index is 1.45. The lowest BCUT2D eigenvalue weighted by Crippen LogP contribution is -2.40. The van der Waals surface area contributed by atoms with Gasteiger partial charge >= 0.3 is 0 Å². The highest BCUT2D eigenvalue weighted by atomic mass is 79.9. The summed E-state index contributed by atoms with van der Waals surface area (Å²) in [6.07, 6.45) is 2.48. The quantitative estimate of drug-likeness (QED) is 0.415. The maximum Gasteiger partial charge on any atom is 0.264 e. The summed E-state index contributed by atoms with van der Waals surface area (Å²) < 4.78 is 28.7. The Morgan fingerprint density at radius 1 is 1.06 bits per heavy atom. The van der Waals surface area contributed by atoms with E-state index in [2.05, 4.69) is 45.2 Å². The minimum Gasteiger partial charge on any atom is -0.371 e. The number of hydrogen-bond acceptors (Lipinski definition) is 4. The second-order valence-electron chi connectivity index (χ2n) is 8.94. The molecule has 1 aliphatic rings. The number of nitrogens with zero attached hydrogens (tertiary/aromatic N) is 2. The van der Waals surface area contributed by atoms with Gasteiger partial charge in [-0.3, -0.25) is 9.10 Å². The first-order valence-electron chi connectivity index (χ1n) is 11.8. The molecule has 8 heteroatoms. The smallest absolute Gasteiger partial charge is 0.264 e. The van der Waals surface area contributed by atoms with Gasteiger partial charge in [-0.05, 0) is 66.8 Å². The Bertz CT molecular complexity index is 1250. The highest BCUT2D eigenvalue weighted by molar-refractivity contribution is 9.10. The molecule has 1 heterocycles. The summed E-state index contributed by atoms with van der Waals surface area (Å²) in [4.78, 5) is 15.4. The van der Waals surface area contributed by atoms with E-state index in [1.165, 1.54) is 30.7 Å². The molecule has 3 aromatic carbocycles. The number of benzene rings is 3. The Morgan fingerprint density at radius 3 is 2.49 bits per heavy atom. The third-order valence-corrected chi connectivity index (χ3v) is 8.44. The van der Waals surface area contributed by atoms with Gasteiger partial charge in [0.1, 0.15) is 6.54 Å². The summed E-state index contributed by atoms with van der Waals surface area (Å²) in [5.74, 6) is 0.321. The Kier molecular flexibility index (Phi) is 8.13. The van der Waals surface area contributed by atoms with E-state index in [9.17, 15) is 13.2 Å². The van der Waals surface area contributed by atoms with E-state index in [0.29, 0.717) is 18.2 Å². The molecule has 1 amide bonds. The molecule has 1 aliphatic heterocycles. The van der Waals surface area contributed by atoms with Gasteiger partial charge in [0.2, 0.25) is 5.91 Å². The average molecular weight is 557 g/mol. The fraction of sp³-hybridized carbons (Fsp3) is 0.296. The minimum atomic E-state index is -3.93. The second-order valence-corrected chi connectivity index (χ2v) is 11.7. The average Bonchev–Trinajstić information content (AvgIpc) is 2.87. The SMILES string of the molecule is CC1CCCN(c2ccc(CNC(=O)CN(c3cccc(Br)c3)S(=O)(=O)c3ccccc3)cc2)C1. The van der Waals surface area contributed by atoms with Crippen LogP contribution < -0.4 is 14.5 Å². The molecule has 4 rings (SSSR count). The van der Waals surface area contributed by atoms with Crippen molar-refractivity contribution in [2.75, 3.05) is 28.8 Å². The van der Waals surface area contributed by atoms with Crippen molar-refractivity contribution in [2.45, 2.75) is 31.2 Å². The van der Waals surface area contributed by atoms with Crippen LogP contribution in [0.25, 0.3) is 0 Å². The maximum absolute atomic E-state index is 13.4. The van der Waals surface area contributed by atoms with E-state index in [4.69, 9.17) is 0 Å². The minimum absolute atomic E-state index is 0.135. The zero-order valence-corrected chi connectivity index (χ0v) is 22.1. The number of carbonyl (C=O) groups excluding carboxylic acids is 1. The van der Waals surface area contributed by atoms with Crippen LogP contribution >= 0.6 is 15.9 Å². The fourth-order valence-corrected chi connectivity index (χ4v) is 6.12. The van der Waals surface area contributed by atoms with E-state index >= 15 is 0 Å². The molecular weight excluding hydrogens is 526 g/mol. The molecule has 0 spiro atoms. The number of rotatable bonds is 8. The molecule has 35 heavy (non-hydrogen) atoms. The van der Waals surface area contributed by atoms with Crippen molar-refractivity contribution in [3.63, 3.8) is 0 Å². The predicted molar refractivity (Wildman–Crippen MR) is 144 cm³/mol. The van der Waals surface area contributed by atoms with E-state index in [0.717, 1.165) is 27.4 Å². The van der Waals surface area contributed by atoms with Gasteiger partial charge in [0.25, 0.3) is 10.0 Å². The van der Waals surface area contributed by atoms with Crippen molar-refractivity contribution in [2.24, 2.45) is 5.92 Å². The predicted octanol–water partition coefficient (Wildman–Crippen LogP) is 5.20. The molecule has 184 valence electrons. The fourth-order valence-electron chi connectivity index (χ4n) is 4.30. The first-order valence-corrected chi connectivity index (χ1v) is 14.0. The van der Waals surface area contributed by atoms with Crippen molar-refractivity contribution in [3.8, 4) is 0 Å². The van der Waals surface area contributed by atoms with Gasteiger partial charge in [0.05, 0.1) is 10.6 Å². The van der Waals surface area contributed by atoms with Crippen LogP contribution in [0.15, 0.2) is 88.2 Å². The molecule has 6 nitrogen and oxygen atoms in total. The van der Waals surface area contributed by atoms with E-state index in [1.54, 1.807) is 36.4 Å². The zero-order chi connectivity index (χ0) is 24.8. The maximum atomic E-state index is 13.4. The van der Waals surface area contributed by atoms with Crippen molar-refractivity contribution in [3.05, 3.63) is 88.9 Å². The number of halogens is 1. The molecule has 1 fully saturated rings. The van der Waals surface area contributed by atoms with E-state index < -0.39 is 10.0 Å². The molecule has 0 saturated carbocycles. The van der Waals surface area contributed by atoms with Crippen LogP contribution in [-0.2, 0) is 21.4 Å². The molecular formula is C27H30BrN3O3S. The van der Waals surface area contributed by atoms with Crippen LogP contribution in [0.3, 0.4) is 0 Å². The normalized spacial score (nSPS) is 16.1. The lowest BCUT2D eigenvalue weighted by atomic mass is 9.99. The van der Waals surface area contributed by atoms with Gasteiger partial charge < -0.3 is 10.2 Å². The summed E-state index contributed by atoms with van der Waals surface area (Å²) in [5.41, 5.74) is 2.58. The van der Waals surface area contributed by atoms with Crippen molar-refractivity contribution in [1.82, 2.24) is 5.32 Å². The highest BCUT2D eigenvalue weighted by Crippen LogP contribution is 2.26. The molecule has 3 aromatic rings. The summed E-state index contributed by atoms with van der Waals surface area (Å²) in [6.45, 7) is 4.43. The monoisotopic (exact) mass is 555 g/mol. The van der Waals surface area contributed by atoms with Gasteiger partial charge in [-0.25, -0.2) is 8.42 Å². The van der Waals surface area contributed by atoms with Gasteiger partial charge in [0, 0.05) is 29.8 Å². The van der Waals surface area contributed by atoms with Crippen LogP contribution in [-0.4, -0.2) is 34.0 Å². The summed E-state index contributed by atoms with van der Waals surface area (Å²) >= 11 is 3.39. The van der Waals surface area contributed by atoms with Crippen molar-refractivity contribution < 1.29 is 13.2 Å². The van der Waals surface area contributed by atoms with Crippen molar-refractivity contribution >= 4 is 43.2 Å². The number of piperidine rings is 1. The summed E-state index contributed by atoms with van der Waals surface area (Å²) in [6, 6.07) is 23.3. The van der Waals surface area contributed by atoms with Gasteiger partial charge in [0.15, 0.2) is 0 Å². The number of sulfonamides is 1. The van der Waals surface area contributed by atoms with Crippen LogP contribution in [0.5, 0.6) is 0 Å². The summed E-state index contributed by atoms with van der Waals surface area (Å²) in [5, 5.41) is 2.87. The number of anilines is 2. The third kappa shape index (κ3) is 6.44. The van der Waals surface area contributed by atoms with Gasteiger partial charge in [-0.2, -0.15) is 0 Å². The van der Waals surface area contributed by atoms with Crippen LogP contribution in [0, 0.1) is 5.92 Å². The van der Waals surface area contributed by atoms with Gasteiger partial charge in [-0.1, -0.05) is 59.3 Å². The molecule has 1 N–H and O–H groups in total. The van der Waals surface area contributed by atoms with E-state index in [1.807, 2.05) is 18.2 Å². The van der Waals surface area contributed by atoms with Crippen LogP contribution in [0.4, 0.5) is 11.4 Å². The highest BCUT2D eigenvalue weighted by Gasteiger charge is 2.27.